The van der Waals surface area contributed by atoms with E-state index in [4.69, 9.17) is 21.1 Å². The van der Waals surface area contributed by atoms with E-state index in [0.717, 1.165) is 41.4 Å². The third-order valence-corrected chi connectivity index (χ3v) is 5.64. The van der Waals surface area contributed by atoms with Gasteiger partial charge in [0.2, 0.25) is 0 Å². The number of nitrogens with zero attached hydrogens (tertiary/aromatic N) is 1. The monoisotopic (exact) mass is 400 g/mol. The number of fused-ring (bicyclic) bond motifs is 1. The Labute approximate surface area is 170 Å². The molecule has 0 unspecified atom stereocenters. The fourth-order valence-corrected chi connectivity index (χ4v) is 4.11. The maximum absolute atomic E-state index is 12.3. The van der Waals surface area contributed by atoms with Gasteiger partial charge in [0.1, 0.15) is 5.75 Å². The summed E-state index contributed by atoms with van der Waals surface area (Å²) in [5, 5.41) is 3.83. The van der Waals surface area contributed by atoms with Gasteiger partial charge in [-0.2, -0.15) is 0 Å². The van der Waals surface area contributed by atoms with Crippen LogP contribution < -0.4 is 10.1 Å². The lowest BCUT2D eigenvalue weighted by Crippen LogP contribution is -2.43. The standard InChI is InChI=1S/C22H25ClN2O3/c1-15-3-2-4-20(9-15)27-14-22(26)24-18-10-19-13-28-21(12-25(19)11-18)16-5-7-17(23)8-6-16/h2-9,18-19,21H,10-14H2,1H3,(H,24,26)/t18-,19+,21-/m1/s1. The zero-order chi connectivity index (χ0) is 19.5. The lowest BCUT2D eigenvalue weighted by molar-refractivity contribution is -0.123. The summed E-state index contributed by atoms with van der Waals surface area (Å²) in [5.41, 5.74) is 2.25. The summed E-state index contributed by atoms with van der Waals surface area (Å²) in [4.78, 5) is 14.7. The molecule has 4 rings (SSSR count). The minimum atomic E-state index is -0.0819. The first kappa shape index (κ1) is 19.2. The Hall–Kier alpha value is -2.08. The number of hydrogen-bond acceptors (Lipinski definition) is 4. The molecule has 0 spiro atoms. The van der Waals surface area contributed by atoms with Crippen LogP contribution in [0.1, 0.15) is 23.7 Å². The Morgan fingerprint density at radius 1 is 1.25 bits per heavy atom. The molecule has 2 saturated heterocycles. The van der Waals surface area contributed by atoms with Crippen molar-refractivity contribution in [1.29, 1.82) is 0 Å². The van der Waals surface area contributed by atoms with Gasteiger partial charge in [-0.1, -0.05) is 35.9 Å². The first-order valence-corrected chi connectivity index (χ1v) is 10.0. The molecule has 2 aromatic carbocycles. The molecule has 2 heterocycles. The fourth-order valence-electron chi connectivity index (χ4n) is 3.98. The molecule has 6 heteroatoms. The molecule has 2 aliphatic rings. The van der Waals surface area contributed by atoms with Crippen molar-refractivity contribution in [3.05, 3.63) is 64.7 Å². The highest BCUT2D eigenvalue weighted by Gasteiger charge is 2.38. The Morgan fingerprint density at radius 2 is 2.07 bits per heavy atom. The number of benzene rings is 2. The molecule has 0 radical (unpaired) electrons. The normalized spacial score (nSPS) is 24.6. The van der Waals surface area contributed by atoms with Crippen molar-refractivity contribution in [1.82, 2.24) is 10.2 Å². The molecule has 28 heavy (non-hydrogen) atoms. The largest absolute Gasteiger partial charge is 0.484 e. The maximum atomic E-state index is 12.3. The fraction of sp³-hybridized carbons (Fsp3) is 0.409. The first-order chi connectivity index (χ1) is 13.6. The summed E-state index contributed by atoms with van der Waals surface area (Å²) in [5.74, 6) is 0.639. The molecular formula is C22H25ClN2O3. The molecule has 1 amide bonds. The number of aryl methyl sites for hydroxylation is 1. The van der Waals surface area contributed by atoms with Crippen molar-refractivity contribution < 1.29 is 14.3 Å². The van der Waals surface area contributed by atoms with Crippen molar-refractivity contribution in [2.24, 2.45) is 0 Å². The van der Waals surface area contributed by atoms with E-state index in [9.17, 15) is 4.79 Å². The van der Waals surface area contributed by atoms with E-state index in [-0.39, 0.29) is 24.7 Å². The highest BCUT2D eigenvalue weighted by atomic mass is 35.5. The number of rotatable bonds is 5. The van der Waals surface area contributed by atoms with Crippen LogP contribution in [-0.4, -0.2) is 49.2 Å². The van der Waals surface area contributed by atoms with Crippen LogP contribution in [0.15, 0.2) is 48.5 Å². The van der Waals surface area contributed by atoms with E-state index in [1.54, 1.807) is 0 Å². The van der Waals surface area contributed by atoms with Gasteiger partial charge in [0, 0.05) is 30.2 Å². The lowest BCUT2D eigenvalue weighted by atomic mass is 10.1. The zero-order valence-corrected chi connectivity index (χ0v) is 16.7. The summed E-state index contributed by atoms with van der Waals surface area (Å²) < 4.78 is 11.7. The highest BCUT2D eigenvalue weighted by molar-refractivity contribution is 6.30. The smallest absolute Gasteiger partial charge is 0.258 e. The molecule has 0 saturated carbocycles. The number of ether oxygens (including phenoxy) is 2. The number of carbonyl (C=O) groups is 1. The third kappa shape index (κ3) is 4.66. The minimum absolute atomic E-state index is 0.0362. The lowest BCUT2D eigenvalue weighted by Gasteiger charge is -2.35. The molecule has 0 aliphatic carbocycles. The van der Waals surface area contributed by atoms with Crippen LogP contribution in [0.3, 0.4) is 0 Å². The van der Waals surface area contributed by atoms with Crippen LogP contribution in [0, 0.1) is 6.92 Å². The van der Waals surface area contributed by atoms with Crippen LogP contribution in [0.4, 0.5) is 0 Å². The second-order valence-electron chi connectivity index (χ2n) is 7.59. The molecule has 5 nitrogen and oxygen atoms in total. The summed E-state index contributed by atoms with van der Waals surface area (Å²) in [6.07, 6.45) is 0.955. The van der Waals surface area contributed by atoms with Crippen molar-refractivity contribution in [2.75, 3.05) is 26.3 Å². The molecule has 2 aliphatic heterocycles. The molecule has 1 N–H and O–H groups in total. The second-order valence-corrected chi connectivity index (χ2v) is 8.02. The summed E-state index contributed by atoms with van der Waals surface area (Å²) >= 11 is 5.98. The molecule has 0 bridgehead atoms. The summed E-state index contributed by atoms with van der Waals surface area (Å²) in [6.45, 7) is 4.39. The Bertz CT molecular complexity index is 827. The van der Waals surface area contributed by atoms with Gasteiger partial charge in [0.05, 0.1) is 12.7 Å². The van der Waals surface area contributed by atoms with Gasteiger partial charge >= 0.3 is 0 Å². The topological polar surface area (TPSA) is 50.8 Å². The van der Waals surface area contributed by atoms with Gasteiger partial charge in [-0.3, -0.25) is 9.69 Å². The number of halogens is 1. The highest BCUT2D eigenvalue weighted by Crippen LogP contribution is 2.30. The van der Waals surface area contributed by atoms with Gasteiger partial charge < -0.3 is 14.8 Å². The Morgan fingerprint density at radius 3 is 2.86 bits per heavy atom. The third-order valence-electron chi connectivity index (χ3n) is 5.38. The number of morpholine rings is 1. The summed E-state index contributed by atoms with van der Waals surface area (Å²) in [7, 11) is 0. The number of carbonyl (C=O) groups excluding carboxylic acids is 1. The number of hydrogen-bond donors (Lipinski definition) is 1. The minimum Gasteiger partial charge on any atom is -0.484 e. The average Bonchev–Trinajstić information content (AvgIpc) is 3.08. The Balaban J connectivity index is 1.27. The molecule has 2 aromatic rings. The molecule has 0 aromatic heterocycles. The van der Waals surface area contributed by atoms with Crippen molar-refractivity contribution >= 4 is 17.5 Å². The molecule has 148 valence electrons. The average molecular weight is 401 g/mol. The van der Waals surface area contributed by atoms with Gasteiger partial charge in [-0.25, -0.2) is 0 Å². The van der Waals surface area contributed by atoms with E-state index in [1.165, 1.54) is 0 Å². The molecule has 3 atom stereocenters. The van der Waals surface area contributed by atoms with Crippen LogP contribution in [-0.2, 0) is 9.53 Å². The quantitative estimate of drug-likeness (QED) is 0.836. The van der Waals surface area contributed by atoms with E-state index in [0.29, 0.717) is 12.6 Å². The van der Waals surface area contributed by atoms with E-state index in [1.807, 2.05) is 55.5 Å². The van der Waals surface area contributed by atoms with Gasteiger partial charge in [-0.05, 0) is 48.7 Å². The van der Waals surface area contributed by atoms with Crippen LogP contribution >= 0.6 is 11.6 Å². The second kappa shape index (κ2) is 8.52. The van der Waals surface area contributed by atoms with Crippen molar-refractivity contribution in [2.45, 2.75) is 31.5 Å². The van der Waals surface area contributed by atoms with Gasteiger partial charge in [0.25, 0.3) is 5.91 Å². The number of nitrogens with one attached hydrogen (secondary N) is 1. The molecular weight excluding hydrogens is 376 g/mol. The van der Waals surface area contributed by atoms with E-state index < -0.39 is 0 Å². The first-order valence-electron chi connectivity index (χ1n) is 9.67. The van der Waals surface area contributed by atoms with Crippen LogP contribution in [0.5, 0.6) is 5.75 Å². The van der Waals surface area contributed by atoms with Gasteiger partial charge in [-0.15, -0.1) is 0 Å². The summed E-state index contributed by atoms with van der Waals surface area (Å²) in [6, 6.07) is 16.0. The van der Waals surface area contributed by atoms with Crippen LogP contribution in [0.25, 0.3) is 0 Å². The van der Waals surface area contributed by atoms with Crippen LogP contribution in [0.2, 0.25) is 5.02 Å². The Kier molecular flexibility index (Phi) is 5.85. The maximum Gasteiger partial charge on any atom is 0.258 e. The predicted octanol–water partition coefficient (Wildman–Crippen LogP) is 3.36. The molecule has 2 fully saturated rings. The van der Waals surface area contributed by atoms with E-state index >= 15 is 0 Å². The van der Waals surface area contributed by atoms with E-state index in [2.05, 4.69) is 10.2 Å². The zero-order valence-electron chi connectivity index (χ0n) is 15.9. The number of amides is 1. The van der Waals surface area contributed by atoms with Gasteiger partial charge in [0.15, 0.2) is 6.61 Å². The van der Waals surface area contributed by atoms with Crippen molar-refractivity contribution in [3.8, 4) is 5.75 Å². The predicted molar refractivity (Wildman–Crippen MR) is 109 cm³/mol. The van der Waals surface area contributed by atoms with Crippen molar-refractivity contribution in [3.63, 3.8) is 0 Å². The SMILES string of the molecule is Cc1cccc(OCC(=O)N[C@@H]2C[C@H]3CO[C@@H](c4ccc(Cl)cc4)CN3C2)c1.